The molecule has 4 aliphatic carbocycles. The quantitative estimate of drug-likeness (QED) is 0.525. The fourth-order valence-electron chi connectivity index (χ4n) is 7.52. The first kappa shape index (κ1) is 25.7. The number of esters is 2. The maximum atomic E-state index is 13.0. The first-order chi connectivity index (χ1) is 17.4. The Bertz CT molecular complexity index is 972. The summed E-state index contributed by atoms with van der Waals surface area (Å²) in [7, 11) is 0. The molecular weight excluding hydrogens is 478 g/mol. The number of hydrogen-bond acceptors (Lipinski definition) is 8. The highest BCUT2D eigenvalue weighted by Crippen LogP contribution is 2.55. The van der Waals surface area contributed by atoms with E-state index in [2.05, 4.69) is 15.1 Å². The summed E-state index contributed by atoms with van der Waals surface area (Å²) in [6, 6.07) is 0.747. The van der Waals surface area contributed by atoms with Crippen LogP contribution >= 0.6 is 11.3 Å². The Morgan fingerprint density at radius 3 is 2.06 bits per heavy atom. The Morgan fingerprint density at radius 1 is 0.889 bits per heavy atom. The molecule has 0 unspecified atom stereocenters. The Labute approximate surface area is 217 Å². The van der Waals surface area contributed by atoms with Gasteiger partial charge in [-0.25, -0.2) is 9.59 Å². The number of hydrogen-bond donors (Lipinski definition) is 1. The lowest BCUT2D eigenvalue weighted by molar-refractivity contribution is -0.118. The van der Waals surface area contributed by atoms with Crippen LogP contribution in [-0.2, 0) is 14.3 Å². The van der Waals surface area contributed by atoms with Crippen molar-refractivity contribution in [2.45, 2.75) is 58.9 Å². The van der Waals surface area contributed by atoms with Gasteiger partial charge in [-0.15, -0.1) is 11.3 Å². The van der Waals surface area contributed by atoms with Gasteiger partial charge in [-0.3, -0.25) is 14.6 Å². The predicted molar refractivity (Wildman–Crippen MR) is 138 cm³/mol. The van der Waals surface area contributed by atoms with Gasteiger partial charge in [0.15, 0.2) is 0 Å². The smallest absolute Gasteiger partial charge is 0.348 e. The van der Waals surface area contributed by atoms with Gasteiger partial charge in [-0.05, 0) is 82.1 Å². The molecule has 0 atom stereocenters. The van der Waals surface area contributed by atoms with Crippen molar-refractivity contribution in [2.75, 3.05) is 51.3 Å². The van der Waals surface area contributed by atoms with Crippen LogP contribution in [0.2, 0.25) is 0 Å². The summed E-state index contributed by atoms with van der Waals surface area (Å²) >= 11 is 1.08. The molecule has 0 aromatic carbocycles. The summed E-state index contributed by atoms with van der Waals surface area (Å²) < 4.78 is 10.3. The minimum Gasteiger partial charge on any atom is -0.462 e. The van der Waals surface area contributed by atoms with Crippen LogP contribution in [0.4, 0.5) is 5.00 Å². The van der Waals surface area contributed by atoms with Gasteiger partial charge in [0.25, 0.3) is 0 Å². The van der Waals surface area contributed by atoms with Gasteiger partial charge in [0, 0.05) is 32.2 Å². The molecule has 2 heterocycles. The molecule has 1 amide bonds. The van der Waals surface area contributed by atoms with Crippen molar-refractivity contribution in [3.63, 3.8) is 0 Å². The minimum absolute atomic E-state index is 0.180. The maximum absolute atomic E-state index is 13.0. The molecule has 6 rings (SSSR count). The molecule has 1 N–H and O–H groups in total. The molecular formula is C27H39N3O5S. The van der Waals surface area contributed by atoms with Gasteiger partial charge in [-0.1, -0.05) is 0 Å². The van der Waals surface area contributed by atoms with Crippen LogP contribution in [0.3, 0.4) is 0 Å². The van der Waals surface area contributed by atoms with Crippen molar-refractivity contribution >= 4 is 34.2 Å². The van der Waals surface area contributed by atoms with Crippen LogP contribution in [0.5, 0.6) is 0 Å². The fraction of sp³-hybridized carbons (Fsp3) is 0.741. The Morgan fingerprint density at radius 2 is 1.47 bits per heavy atom. The van der Waals surface area contributed by atoms with Crippen LogP contribution in [-0.4, -0.2) is 79.6 Å². The highest BCUT2D eigenvalue weighted by Gasteiger charge is 2.50. The zero-order valence-electron chi connectivity index (χ0n) is 21.7. The van der Waals surface area contributed by atoms with Gasteiger partial charge in [0.2, 0.25) is 5.91 Å². The average molecular weight is 518 g/mol. The number of carbonyl (C=O) groups is 3. The second kappa shape index (κ2) is 10.8. The van der Waals surface area contributed by atoms with E-state index in [4.69, 9.17) is 9.47 Å². The number of carbonyl (C=O) groups excluding carboxylic acids is 3. The molecule has 1 aromatic heterocycles. The third-order valence-electron chi connectivity index (χ3n) is 8.71. The monoisotopic (exact) mass is 517 g/mol. The summed E-state index contributed by atoms with van der Waals surface area (Å²) in [4.78, 5) is 43.2. The number of amides is 1. The summed E-state index contributed by atoms with van der Waals surface area (Å²) in [5, 5.41) is 3.24. The number of nitrogens with zero attached hydrogens (tertiary/aromatic N) is 2. The molecule has 8 nitrogen and oxygen atoms in total. The third kappa shape index (κ3) is 5.07. The molecule has 0 spiro atoms. The molecule has 0 radical (unpaired) electrons. The van der Waals surface area contributed by atoms with E-state index in [0.29, 0.717) is 15.4 Å². The maximum Gasteiger partial charge on any atom is 0.348 e. The number of nitrogens with one attached hydrogen (secondary N) is 1. The lowest BCUT2D eigenvalue weighted by Gasteiger charge is -2.58. The molecule has 1 saturated heterocycles. The van der Waals surface area contributed by atoms with Crippen LogP contribution in [0.1, 0.15) is 71.5 Å². The molecule has 4 bridgehead atoms. The Hall–Kier alpha value is -1.97. The predicted octanol–water partition coefficient (Wildman–Crippen LogP) is 3.79. The number of rotatable bonds is 8. The SMILES string of the molecule is CCOC(=O)c1sc(NC(=O)CN2CCN(C3C4CC5CC(C4)CC3C5)CC2)c(C(=O)OCC)c1C. The first-order valence-corrected chi connectivity index (χ1v) is 14.4. The van der Waals surface area contributed by atoms with Gasteiger partial charge in [0.1, 0.15) is 9.88 Å². The Kier molecular flexibility index (Phi) is 7.70. The Balaban J connectivity index is 1.19. The minimum atomic E-state index is -0.540. The number of piperazine rings is 1. The standard InChI is InChI=1S/C27H39N3O5S/c1-4-34-26(32)22-16(3)24(27(33)35-5-2)36-25(22)28-21(31)15-29-6-8-30(9-7-29)23-19-11-17-10-18(13-19)14-20(23)12-17/h17-20,23H,4-15H2,1-3H3,(H,28,31). The van der Waals surface area contributed by atoms with Crippen molar-refractivity contribution < 1.29 is 23.9 Å². The van der Waals surface area contributed by atoms with E-state index in [9.17, 15) is 14.4 Å². The third-order valence-corrected chi connectivity index (χ3v) is 9.90. The van der Waals surface area contributed by atoms with E-state index >= 15 is 0 Å². The highest BCUT2D eigenvalue weighted by atomic mass is 32.1. The number of ether oxygens (including phenoxy) is 2. The number of anilines is 1. The average Bonchev–Trinajstić information content (AvgIpc) is 3.15. The molecule has 4 saturated carbocycles. The van der Waals surface area contributed by atoms with Crippen LogP contribution in [0, 0.1) is 30.6 Å². The van der Waals surface area contributed by atoms with Crippen molar-refractivity contribution in [1.29, 1.82) is 0 Å². The summed E-state index contributed by atoms with van der Waals surface area (Å²) in [6.07, 6.45) is 7.19. The van der Waals surface area contributed by atoms with Crippen molar-refractivity contribution in [3.05, 3.63) is 16.0 Å². The van der Waals surface area contributed by atoms with Gasteiger partial charge >= 0.3 is 11.9 Å². The second-order valence-corrected chi connectivity index (χ2v) is 12.0. The normalized spacial score (nSPS) is 29.8. The molecule has 198 valence electrons. The van der Waals surface area contributed by atoms with Crippen molar-refractivity contribution in [2.24, 2.45) is 23.7 Å². The van der Waals surface area contributed by atoms with Gasteiger partial charge < -0.3 is 14.8 Å². The first-order valence-electron chi connectivity index (χ1n) is 13.6. The van der Waals surface area contributed by atoms with E-state index in [0.717, 1.165) is 67.2 Å². The lowest BCUT2D eigenvalue weighted by Crippen LogP contribution is -2.60. The number of thiophene rings is 1. The topological polar surface area (TPSA) is 88.2 Å². The second-order valence-electron chi connectivity index (χ2n) is 11.0. The highest BCUT2D eigenvalue weighted by molar-refractivity contribution is 7.18. The summed E-state index contributed by atoms with van der Waals surface area (Å²) in [5.41, 5.74) is 0.724. The zero-order valence-corrected chi connectivity index (χ0v) is 22.5. The van der Waals surface area contributed by atoms with E-state index in [-0.39, 0.29) is 31.2 Å². The molecule has 1 aliphatic heterocycles. The largest absolute Gasteiger partial charge is 0.462 e. The van der Waals surface area contributed by atoms with E-state index in [1.54, 1.807) is 20.8 Å². The van der Waals surface area contributed by atoms with Crippen molar-refractivity contribution in [1.82, 2.24) is 9.80 Å². The fourth-order valence-corrected chi connectivity index (χ4v) is 8.63. The molecule has 5 fully saturated rings. The van der Waals surface area contributed by atoms with Crippen LogP contribution in [0.25, 0.3) is 0 Å². The molecule has 36 heavy (non-hydrogen) atoms. The van der Waals surface area contributed by atoms with Gasteiger partial charge in [-0.2, -0.15) is 0 Å². The van der Waals surface area contributed by atoms with Gasteiger partial charge in [0.05, 0.1) is 25.3 Å². The summed E-state index contributed by atoms with van der Waals surface area (Å²) in [5.74, 6) is 2.52. The molecule has 9 heteroatoms. The van der Waals surface area contributed by atoms with E-state index in [1.165, 1.54) is 32.1 Å². The van der Waals surface area contributed by atoms with Crippen molar-refractivity contribution in [3.8, 4) is 0 Å². The summed E-state index contributed by atoms with van der Waals surface area (Å²) in [6.45, 7) is 9.64. The van der Waals surface area contributed by atoms with Crippen LogP contribution in [0.15, 0.2) is 0 Å². The zero-order chi connectivity index (χ0) is 25.4. The van der Waals surface area contributed by atoms with E-state index < -0.39 is 11.9 Å². The van der Waals surface area contributed by atoms with E-state index in [1.807, 2.05) is 0 Å². The van der Waals surface area contributed by atoms with Crippen LogP contribution < -0.4 is 5.32 Å². The molecule has 5 aliphatic rings. The molecule has 1 aromatic rings. The lowest BCUT2D eigenvalue weighted by atomic mass is 9.54.